The number of benzene rings is 2. The van der Waals surface area contributed by atoms with E-state index < -0.39 is 11.5 Å². The molecule has 1 aliphatic rings. The lowest BCUT2D eigenvalue weighted by atomic mass is 9.87. The molecular formula is C18H16BrNO4. The van der Waals surface area contributed by atoms with Gasteiger partial charge in [0.25, 0.3) is 5.91 Å². The number of fused-ring (bicyclic) bond motifs is 1. The Kier molecular flexibility index (Phi) is 4.19. The van der Waals surface area contributed by atoms with E-state index in [0.717, 1.165) is 5.56 Å². The SMILES string of the molecule is COc1ccc(C(=O)CC2(O)C(=O)Nc3c(Br)cc(C)cc32)cc1. The number of aryl methyl sites for hydroxylation is 1. The topological polar surface area (TPSA) is 75.6 Å². The molecule has 1 amide bonds. The highest BCUT2D eigenvalue weighted by molar-refractivity contribution is 9.10. The Balaban J connectivity index is 1.94. The smallest absolute Gasteiger partial charge is 0.261 e. The predicted octanol–water partition coefficient (Wildman–Crippen LogP) is 3.18. The second-order valence-corrected chi connectivity index (χ2v) is 6.67. The number of rotatable bonds is 4. The summed E-state index contributed by atoms with van der Waals surface area (Å²) in [7, 11) is 1.54. The summed E-state index contributed by atoms with van der Waals surface area (Å²) in [5, 5.41) is 13.6. The van der Waals surface area contributed by atoms with Gasteiger partial charge in [-0.15, -0.1) is 0 Å². The third-order valence-electron chi connectivity index (χ3n) is 4.12. The summed E-state index contributed by atoms with van der Waals surface area (Å²) in [5.41, 5.74) is 0.349. The van der Waals surface area contributed by atoms with E-state index in [-0.39, 0.29) is 12.2 Å². The van der Waals surface area contributed by atoms with Gasteiger partial charge >= 0.3 is 0 Å². The fraction of sp³-hybridized carbons (Fsp3) is 0.222. The number of amides is 1. The standard InChI is InChI=1S/C18H16BrNO4/c1-10-7-13-16(14(19)8-10)20-17(22)18(13,23)9-15(21)11-3-5-12(24-2)6-4-11/h3-8,23H,9H2,1-2H3,(H,20,22). The maximum absolute atomic E-state index is 12.5. The highest BCUT2D eigenvalue weighted by atomic mass is 79.9. The fourth-order valence-electron chi connectivity index (χ4n) is 2.82. The van der Waals surface area contributed by atoms with Crippen LogP contribution in [0.3, 0.4) is 0 Å². The largest absolute Gasteiger partial charge is 0.497 e. The molecule has 1 aliphatic heterocycles. The summed E-state index contributed by atoms with van der Waals surface area (Å²) in [6.07, 6.45) is -0.325. The van der Waals surface area contributed by atoms with Crippen molar-refractivity contribution in [1.82, 2.24) is 0 Å². The summed E-state index contributed by atoms with van der Waals surface area (Å²) in [4.78, 5) is 24.9. The molecule has 5 nitrogen and oxygen atoms in total. The molecule has 1 heterocycles. The molecule has 0 fully saturated rings. The number of carbonyl (C=O) groups excluding carboxylic acids is 2. The molecule has 0 aliphatic carbocycles. The highest BCUT2D eigenvalue weighted by Gasteiger charge is 2.47. The lowest BCUT2D eigenvalue weighted by Gasteiger charge is -2.20. The monoisotopic (exact) mass is 389 g/mol. The molecule has 2 aromatic carbocycles. The normalized spacial score (nSPS) is 18.9. The van der Waals surface area contributed by atoms with Crippen molar-refractivity contribution in [3.63, 3.8) is 0 Å². The number of hydrogen-bond acceptors (Lipinski definition) is 4. The summed E-state index contributed by atoms with van der Waals surface area (Å²) in [6, 6.07) is 10.1. The number of hydrogen-bond donors (Lipinski definition) is 2. The highest BCUT2D eigenvalue weighted by Crippen LogP contribution is 2.43. The number of ether oxygens (including phenoxy) is 1. The van der Waals surface area contributed by atoms with Crippen molar-refractivity contribution in [2.24, 2.45) is 0 Å². The Bertz CT molecular complexity index is 832. The summed E-state index contributed by atoms with van der Waals surface area (Å²) >= 11 is 3.38. The first-order valence-electron chi connectivity index (χ1n) is 7.37. The van der Waals surface area contributed by atoms with Crippen LogP contribution >= 0.6 is 15.9 Å². The third-order valence-corrected chi connectivity index (χ3v) is 4.75. The first-order valence-corrected chi connectivity index (χ1v) is 8.16. The van der Waals surface area contributed by atoms with E-state index >= 15 is 0 Å². The minimum atomic E-state index is -1.87. The second kappa shape index (κ2) is 6.03. The molecule has 0 saturated carbocycles. The third kappa shape index (κ3) is 2.72. The minimum Gasteiger partial charge on any atom is -0.497 e. The lowest BCUT2D eigenvalue weighted by molar-refractivity contribution is -0.133. The summed E-state index contributed by atoms with van der Waals surface area (Å²) in [5.74, 6) is -0.278. The van der Waals surface area contributed by atoms with Gasteiger partial charge in [0.15, 0.2) is 11.4 Å². The van der Waals surface area contributed by atoms with Crippen LogP contribution in [-0.2, 0) is 10.4 Å². The maximum atomic E-state index is 12.5. The van der Waals surface area contributed by atoms with E-state index in [1.54, 1.807) is 37.4 Å². The molecule has 2 aromatic rings. The molecule has 3 rings (SSSR count). The molecule has 24 heavy (non-hydrogen) atoms. The molecular weight excluding hydrogens is 374 g/mol. The van der Waals surface area contributed by atoms with Crippen molar-refractivity contribution in [2.45, 2.75) is 18.9 Å². The van der Waals surface area contributed by atoms with E-state index in [1.807, 2.05) is 13.0 Å². The molecule has 1 atom stereocenters. The van der Waals surface area contributed by atoms with Crippen LogP contribution < -0.4 is 10.1 Å². The van der Waals surface area contributed by atoms with Crippen molar-refractivity contribution >= 4 is 33.3 Å². The number of methoxy groups -OCH3 is 1. The Hall–Kier alpha value is -2.18. The van der Waals surface area contributed by atoms with Crippen molar-refractivity contribution in [3.8, 4) is 5.75 Å². The zero-order valence-corrected chi connectivity index (χ0v) is 14.8. The number of ketones is 1. The summed E-state index contributed by atoms with van der Waals surface area (Å²) in [6.45, 7) is 1.86. The number of nitrogens with one attached hydrogen (secondary N) is 1. The van der Waals surface area contributed by atoms with Crippen LogP contribution in [0.25, 0.3) is 0 Å². The number of carbonyl (C=O) groups is 2. The van der Waals surface area contributed by atoms with Crippen molar-refractivity contribution in [2.75, 3.05) is 12.4 Å². The molecule has 1 unspecified atom stereocenters. The van der Waals surface area contributed by atoms with Gasteiger partial charge in [-0.05, 0) is 58.7 Å². The van der Waals surface area contributed by atoms with Gasteiger partial charge in [0.05, 0.1) is 19.2 Å². The van der Waals surface area contributed by atoms with Crippen molar-refractivity contribution < 1.29 is 19.4 Å². The molecule has 0 aromatic heterocycles. The van der Waals surface area contributed by atoms with Gasteiger partial charge < -0.3 is 15.2 Å². The van der Waals surface area contributed by atoms with Crippen LogP contribution in [0.5, 0.6) is 5.75 Å². The van der Waals surface area contributed by atoms with Gasteiger partial charge in [-0.2, -0.15) is 0 Å². The number of aliphatic hydroxyl groups is 1. The van der Waals surface area contributed by atoms with Crippen LogP contribution in [0.15, 0.2) is 40.9 Å². The van der Waals surface area contributed by atoms with Gasteiger partial charge in [-0.3, -0.25) is 9.59 Å². The van der Waals surface area contributed by atoms with E-state index in [4.69, 9.17) is 4.74 Å². The van der Waals surface area contributed by atoms with Gasteiger partial charge in [0.2, 0.25) is 0 Å². The Morgan fingerprint density at radius 1 is 1.29 bits per heavy atom. The van der Waals surface area contributed by atoms with Gasteiger partial charge in [-0.1, -0.05) is 6.07 Å². The van der Waals surface area contributed by atoms with Gasteiger partial charge in [-0.25, -0.2) is 0 Å². The average molecular weight is 390 g/mol. The van der Waals surface area contributed by atoms with Crippen molar-refractivity contribution in [1.29, 1.82) is 0 Å². The van der Waals surface area contributed by atoms with Gasteiger partial charge in [0, 0.05) is 15.6 Å². The average Bonchev–Trinajstić information content (AvgIpc) is 2.80. The predicted molar refractivity (Wildman–Crippen MR) is 93.3 cm³/mol. The molecule has 0 bridgehead atoms. The zero-order chi connectivity index (χ0) is 17.5. The second-order valence-electron chi connectivity index (χ2n) is 5.81. The molecule has 0 saturated heterocycles. The number of halogens is 1. The van der Waals surface area contributed by atoms with Crippen LogP contribution in [0.4, 0.5) is 5.69 Å². The van der Waals surface area contributed by atoms with E-state index in [9.17, 15) is 14.7 Å². The quantitative estimate of drug-likeness (QED) is 0.787. The maximum Gasteiger partial charge on any atom is 0.261 e. The van der Waals surface area contributed by atoms with Crippen LogP contribution in [-0.4, -0.2) is 23.9 Å². The molecule has 2 N–H and O–H groups in total. The molecule has 124 valence electrons. The van der Waals surface area contributed by atoms with E-state index in [2.05, 4.69) is 21.2 Å². The first-order chi connectivity index (χ1) is 11.3. The Labute approximate surface area is 147 Å². The Morgan fingerprint density at radius 2 is 1.96 bits per heavy atom. The van der Waals surface area contributed by atoms with Crippen molar-refractivity contribution in [3.05, 3.63) is 57.6 Å². The van der Waals surface area contributed by atoms with Gasteiger partial charge in [0.1, 0.15) is 5.75 Å². The van der Waals surface area contributed by atoms with E-state index in [1.165, 1.54) is 0 Å². The first kappa shape index (κ1) is 16.7. The Morgan fingerprint density at radius 3 is 2.58 bits per heavy atom. The number of anilines is 1. The zero-order valence-electron chi connectivity index (χ0n) is 13.2. The molecule has 0 spiro atoms. The molecule has 0 radical (unpaired) electrons. The summed E-state index contributed by atoms with van der Waals surface area (Å²) < 4.78 is 5.74. The lowest BCUT2D eigenvalue weighted by Crippen LogP contribution is -2.36. The van der Waals surface area contributed by atoms with Crippen LogP contribution in [0.1, 0.15) is 27.9 Å². The fourth-order valence-corrected chi connectivity index (χ4v) is 3.50. The molecule has 6 heteroatoms. The number of Topliss-reactive ketones (excluding diaryl/α,β-unsaturated/α-hetero) is 1. The van der Waals surface area contributed by atoms with E-state index in [0.29, 0.717) is 27.0 Å². The van der Waals surface area contributed by atoms with Crippen LogP contribution in [0.2, 0.25) is 0 Å². The minimum absolute atomic E-state index is 0.319. The van der Waals surface area contributed by atoms with Crippen LogP contribution in [0, 0.1) is 6.92 Å².